The monoisotopic (exact) mass is 366 g/mol. The normalized spacial score (nSPS) is 14.2. The SMILES string of the molecule is O=C(Nc1ccc(NS(=O)(=O)c2ccc3ccccc3c2)cc1)C1CC1. The number of amides is 1. The number of carbonyl (C=O) groups excluding carboxylic acids is 1. The molecule has 1 saturated carbocycles. The van der Waals surface area contributed by atoms with E-state index < -0.39 is 10.0 Å². The number of fused-ring (bicyclic) bond motifs is 1. The molecule has 1 fully saturated rings. The van der Waals surface area contributed by atoms with Gasteiger partial charge < -0.3 is 5.32 Å². The minimum atomic E-state index is -3.68. The molecule has 1 amide bonds. The van der Waals surface area contributed by atoms with Crippen LogP contribution in [0.5, 0.6) is 0 Å². The second-order valence-corrected chi connectivity index (χ2v) is 8.14. The summed E-state index contributed by atoms with van der Waals surface area (Å²) < 4.78 is 27.8. The van der Waals surface area contributed by atoms with Gasteiger partial charge in [0.2, 0.25) is 5.91 Å². The van der Waals surface area contributed by atoms with Crippen LogP contribution in [-0.4, -0.2) is 14.3 Å². The van der Waals surface area contributed by atoms with Crippen LogP contribution in [0.15, 0.2) is 71.6 Å². The first-order chi connectivity index (χ1) is 12.5. The Labute approximate surface area is 152 Å². The van der Waals surface area contributed by atoms with Gasteiger partial charge in [-0.2, -0.15) is 0 Å². The average molecular weight is 366 g/mol. The summed E-state index contributed by atoms with van der Waals surface area (Å²) in [7, 11) is -3.68. The average Bonchev–Trinajstić information content (AvgIpc) is 3.48. The third-order valence-corrected chi connectivity index (χ3v) is 5.76. The van der Waals surface area contributed by atoms with Crippen molar-refractivity contribution in [2.75, 3.05) is 10.0 Å². The van der Waals surface area contributed by atoms with E-state index in [4.69, 9.17) is 0 Å². The quantitative estimate of drug-likeness (QED) is 0.717. The molecule has 0 radical (unpaired) electrons. The van der Waals surface area contributed by atoms with E-state index >= 15 is 0 Å². The second kappa shape index (κ2) is 6.46. The minimum absolute atomic E-state index is 0.0227. The summed E-state index contributed by atoms with van der Waals surface area (Å²) in [6.07, 6.45) is 1.88. The molecule has 4 rings (SSSR count). The molecule has 0 saturated heterocycles. The molecule has 3 aromatic rings. The highest BCUT2D eigenvalue weighted by Gasteiger charge is 2.29. The topological polar surface area (TPSA) is 75.3 Å². The molecule has 3 aromatic carbocycles. The lowest BCUT2D eigenvalue weighted by atomic mass is 10.1. The van der Waals surface area contributed by atoms with Crippen LogP contribution in [0, 0.1) is 5.92 Å². The summed E-state index contributed by atoms with van der Waals surface area (Å²) in [6.45, 7) is 0. The van der Waals surface area contributed by atoms with E-state index in [0.717, 1.165) is 23.6 Å². The highest BCUT2D eigenvalue weighted by atomic mass is 32.2. The van der Waals surface area contributed by atoms with Crippen LogP contribution < -0.4 is 10.0 Å². The van der Waals surface area contributed by atoms with Gasteiger partial charge in [0.05, 0.1) is 4.90 Å². The Morgan fingerprint density at radius 2 is 1.50 bits per heavy atom. The van der Waals surface area contributed by atoms with Gasteiger partial charge in [0.1, 0.15) is 0 Å². The minimum Gasteiger partial charge on any atom is -0.326 e. The molecule has 0 aliphatic heterocycles. The maximum Gasteiger partial charge on any atom is 0.261 e. The molecular weight excluding hydrogens is 348 g/mol. The summed E-state index contributed by atoms with van der Waals surface area (Å²) in [5.41, 5.74) is 1.11. The van der Waals surface area contributed by atoms with Gasteiger partial charge in [-0.05, 0) is 60.0 Å². The standard InChI is InChI=1S/C20H18N2O3S/c23-20(15-5-6-15)21-17-8-10-18(11-9-17)22-26(24,25)19-12-7-14-3-1-2-4-16(14)13-19/h1-4,7-13,15,22H,5-6H2,(H,21,23). The maximum absolute atomic E-state index is 12.6. The van der Waals surface area contributed by atoms with E-state index in [9.17, 15) is 13.2 Å². The predicted octanol–water partition coefficient (Wildman–Crippen LogP) is 3.99. The summed E-state index contributed by atoms with van der Waals surface area (Å²) in [5, 5.41) is 4.69. The molecule has 26 heavy (non-hydrogen) atoms. The van der Waals surface area contributed by atoms with Crippen LogP contribution in [-0.2, 0) is 14.8 Å². The molecule has 1 aliphatic rings. The van der Waals surface area contributed by atoms with Crippen molar-refractivity contribution in [2.45, 2.75) is 17.7 Å². The van der Waals surface area contributed by atoms with Crippen molar-refractivity contribution in [3.8, 4) is 0 Å². The molecule has 5 nitrogen and oxygen atoms in total. The molecule has 0 spiro atoms. The van der Waals surface area contributed by atoms with Crippen LogP contribution >= 0.6 is 0 Å². The van der Waals surface area contributed by atoms with Crippen molar-refractivity contribution in [3.63, 3.8) is 0 Å². The first kappa shape index (κ1) is 16.6. The Morgan fingerprint density at radius 1 is 0.846 bits per heavy atom. The fraction of sp³-hybridized carbons (Fsp3) is 0.150. The van der Waals surface area contributed by atoms with Crippen molar-refractivity contribution in [3.05, 3.63) is 66.7 Å². The van der Waals surface area contributed by atoms with E-state index in [2.05, 4.69) is 10.0 Å². The molecule has 0 heterocycles. The van der Waals surface area contributed by atoms with Crippen LogP contribution in [0.4, 0.5) is 11.4 Å². The van der Waals surface area contributed by atoms with Crippen molar-refractivity contribution < 1.29 is 13.2 Å². The van der Waals surface area contributed by atoms with Crippen LogP contribution in [0.3, 0.4) is 0 Å². The van der Waals surface area contributed by atoms with Gasteiger partial charge in [-0.15, -0.1) is 0 Å². The zero-order valence-corrected chi connectivity index (χ0v) is 14.8. The van der Waals surface area contributed by atoms with Gasteiger partial charge in [0.15, 0.2) is 0 Å². The van der Waals surface area contributed by atoms with Gasteiger partial charge in [-0.3, -0.25) is 9.52 Å². The van der Waals surface area contributed by atoms with Crippen molar-refractivity contribution in [1.82, 2.24) is 0 Å². The fourth-order valence-corrected chi connectivity index (χ4v) is 3.85. The zero-order valence-electron chi connectivity index (χ0n) is 14.0. The third kappa shape index (κ3) is 3.55. The van der Waals surface area contributed by atoms with E-state index in [1.807, 2.05) is 24.3 Å². The van der Waals surface area contributed by atoms with Gasteiger partial charge in [0, 0.05) is 17.3 Å². The number of benzene rings is 3. The number of nitrogens with one attached hydrogen (secondary N) is 2. The zero-order chi connectivity index (χ0) is 18.1. The number of sulfonamides is 1. The lowest BCUT2D eigenvalue weighted by Crippen LogP contribution is -2.14. The number of hydrogen-bond acceptors (Lipinski definition) is 3. The molecule has 6 heteroatoms. The van der Waals surface area contributed by atoms with E-state index in [-0.39, 0.29) is 16.7 Å². The van der Waals surface area contributed by atoms with Crippen LogP contribution in [0.1, 0.15) is 12.8 Å². The molecule has 0 unspecified atom stereocenters. The predicted molar refractivity (Wildman–Crippen MR) is 103 cm³/mol. The fourth-order valence-electron chi connectivity index (χ4n) is 2.76. The second-order valence-electron chi connectivity index (χ2n) is 6.46. The third-order valence-electron chi connectivity index (χ3n) is 4.38. The molecule has 0 atom stereocenters. The highest BCUT2D eigenvalue weighted by Crippen LogP contribution is 2.30. The van der Waals surface area contributed by atoms with Crippen molar-refractivity contribution in [2.24, 2.45) is 5.92 Å². The lowest BCUT2D eigenvalue weighted by molar-refractivity contribution is -0.117. The Morgan fingerprint density at radius 3 is 2.19 bits per heavy atom. The summed E-state index contributed by atoms with van der Waals surface area (Å²) in [6, 6.07) is 19.3. The Balaban J connectivity index is 1.51. The number of anilines is 2. The van der Waals surface area contributed by atoms with E-state index in [1.54, 1.807) is 42.5 Å². The van der Waals surface area contributed by atoms with E-state index in [0.29, 0.717) is 11.4 Å². The molecule has 0 aromatic heterocycles. The smallest absolute Gasteiger partial charge is 0.261 e. The molecule has 1 aliphatic carbocycles. The summed E-state index contributed by atoms with van der Waals surface area (Å²) in [5.74, 6) is 0.149. The lowest BCUT2D eigenvalue weighted by Gasteiger charge is -2.10. The highest BCUT2D eigenvalue weighted by molar-refractivity contribution is 7.92. The Bertz CT molecular complexity index is 1070. The number of rotatable bonds is 5. The Kier molecular flexibility index (Phi) is 4.12. The van der Waals surface area contributed by atoms with Crippen molar-refractivity contribution >= 4 is 38.1 Å². The number of carbonyl (C=O) groups is 1. The summed E-state index contributed by atoms with van der Waals surface area (Å²) >= 11 is 0. The van der Waals surface area contributed by atoms with Gasteiger partial charge >= 0.3 is 0 Å². The van der Waals surface area contributed by atoms with Gasteiger partial charge in [-0.25, -0.2) is 8.42 Å². The molecule has 0 bridgehead atoms. The van der Waals surface area contributed by atoms with E-state index in [1.165, 1.54) is 0 Å². The molecular formula is C20H18N2O3S. The molecule has 2 N–H and O–H groups in total. The van der Waals surface area contributed by atoms with Crippen LogP contribution in [0.25, 0.3) is 10.8 Å². The summed E-state index contributed by atoms with van der Waals surface area (Å²) in [4.78, 5) is 12.0. The first-order valence-electron chi connectivity index (χ1n) is 8.44. The van der Waals surface area contributed by atoms with Gasteiger partial charge in [0.25, 0.3) is 10.0 Å². The first-order valence-corrected chi connectivity index (χ1v) is 9.92. The molecule has 132 valence electrons. The maximum atomic E-state index is 12.6. The number of hydrogen-bond donors (Lipinski definition) is 2. The van der Waals surface area contributed by atoms with Gasteiger partial charge in [-0.1, -0.05) is 30.3 Å². The van der Waals surface area contributed by atoms with Crippen molar-refractivity contribution in [1.29, 1.82) is 0 Å². The Hall–Kier alpha value is -2.86. The van der Waals surface area contributed by atoms with Crippen LogP contribution in [0.2, 0.25) is 0 Å². The largest absolute Gasteiger partial charge is 0.326 e.